The van der Waals surface area contributed by atoms with Crippen LogP contribution in [-0.4, -0.2) is 40.9 Å². The number of hydrogen-bond donors (Lipinski definition) is 4. The number of halogens is 2. The SMILES string of the molecule is CC(=O)NC(C)(C(F)F)C(NC(=O)c1ccc(C#Cc2ccccc2)cc1)C(=O)NO. The summed E-state index contributed by atoms with van der Waals surface area (Å²) >= 11 is 0. The molecule has 3 amide bonds. The van der Waals surface area contributed by atoms with Crippen LogP contribution in [0.3, 0.4) is 0 Å². The van der Waals surface area contributed by atoms with Crippen molar-refractivity contribution in [3.63, 3.8) is 0 Å². The van der Waals surface area contributed by atoms with Crippen LogP contribution in [0.2, 0.25) is 0 Å². The third kappa shape index (κ3) is 6.10. The second kappa shape index (κ2) is 10.3. The van der Waals surface area contributed by atoms with E-state index in [0.717, 1.165) is 19.4 Å². The van der Waals surface area contributed by atoms with Gasteiger partial charge >= 0.3 is 0 Å². The van der Waals surface area contributed by atoms with Crippen LogP contribution in [0, 0.1) is 11.8 Å². The van der Waals surface area contributed by atoms with E-state index in [1.165, 1.54) is 17.6 Å². The molecule has 0 spiro atoms. The fraction of sp³-hybridized carbons (Fsp3) is 0.227. The van der Waals surface area contributed by atoms with Crippen LogP contribution < -0.4 is 16.1 Å². The third-order valence-electron chi connectivity index (χ3n) is 4.42. The number of rotatable bonds is 6. The van der Waals surface area contributed by atoms with Crippen LogP contribution >= 0.6 is 0 Å². The molecule has 7 nitrogen and oxygen atoms in total. The van der Waals surface area contributed by atoms with Crippen molar-refractivity contribution in [1.82, 2.24) is 16.1 Å². The average molecular weight is 429 g/mol. The van der Waals surface area contributed by atoms with E-state index < -0.39 is 35.7 Å². The lowest BCUT2D eigenvalue weighted by atomic mass is 9.91. The lowest BCUT2D eigenvalue weighted by Gasteiger charge is -2.36. The normalized spacial score (nSPS) is 13.2. The molecule has 2 aromatic rings. The average Bonchev–Trinajstić information content (AvgIpc) is 2.75. The van der Waals surface area contributed by atoms with Crippen LogP contribution in [0.5, 0.6) is 0 Å². The Morgan fingerprint density at radius 1 is 0.968 bits per heavy atom. The number of carbonyl (C=O) groups is 3. The molecule has 162 valence electrons. The van der Waals surface area contributed by atoms with E-state index in [2.05, 4.69) is 17.2 Å². The molecular weight excluding hydrogens is 408 g/mol. The number of hydroxylamine groups is 1. The number of carbonyl (C=O) groups excluding carboxylic acids is 3. The molecule has 2 unspecified atom stereocenters. The minimum atomic E-state index is -3.23. The Bertz CT molecular complexity index is 1000. The third-order valence-corrected chi connectivity index (χ3v) is 4.42. The highest BCUT2D eigenvalue weighted by Gasteiger charge is 2.48. The van der Waals surface area contributed by atoms with Crippen molar-refractivity contribution in [2.24, 2.45) is 0 Å². The van der Waals surface area contributed by atoms with E-state index in [1.54, 1.807) is 12.1 Å². The monoisotopic (exact) mass is 429 g/mol. The molecule has 2 rings (SSSR count). The molecule has 2 atom stereocenters. The maximum Gasteiger partial charge on any atom is 0.268 e. The van der Waals surface area contributed by atoms with E-state index in [4.69, 9.17) is 5.21 Å². The van der Waals surface area contributed by atoms with Crippen molar-refractivity contribution in [2.45, 2.75) is 31.9 Å². The molecule has 4 N–H and O–H groups in total. The van der Waals surface area contributed by atoms with Gasteiger partial charge in [0.15, 0.2) is 0 Å². The van der Waals surface area contributed by atoms with Gasteiger partial charge in [0.2, 0.25) is 5.91 Å². The van der Waals surface area contributed by atoms with Crippen molar-refractivity contribution in [3.8, 4) is 11.8 Å². The number of alkyl halides is 2. The molecule has 9 heteroatoms. The smallest absolute Gasteiger partial charge is 0.268 e. The summed E-state index contributed by atoms with van der Waals surface area (Å²) in [6.45, 7) is 1.88. The number of hydrogen-bond acceptors (Lipinski definition) is 4. The van der Waals surface area contributed by atoms with Crippen molar-refractivity contribution in [3.05, 3.63) is 71.3 Å². The maximum absolute atomic E-state index is 13.7. The summed E-state index contributed by atoms with van der Waals surface area (Å²) in [5, 5.41) is 13.1. The predicted octanol–water partition coefficient (Wildman–Crippen LogP) is 1.85. The fourth-order valence-corrected chi connectivity index (χ4v) is 2.77. The molecular formula is C22H21F2N3O4. The van der Waals surface area contributed by atoms with Crippen LogP contribution in [0.15, 0.2) is 54.6 Å². The summed E-state index contributed by atoms with van der Waals surface area (Å²) in [5.74, 6) is 2.89. The quantitative estimate of drug-likeness (QED) is 0.319. The van der Waals surface area contributed by atoms with E-state index in [9.17, 15) is 23.2 Å². The summed E-state index contributed by atoms with van der Waals surface area (Å²) in [6.07, 6.45) is -3.23. The Labute approximate surface area is 177 Å². The Balaban J connectivity index is 2.23. The molecule has 0 heterocycles. The van der Waals surface area contributed by atoms with Gasteiger partial charge in [0.1, 0.15) is 11.6 Å². The van der Waals surface area contributed by atoms with Gasteiger partial charge in [-0.2, -0.15) is 0 Å². The first kappa shape index (κ1) is 23.5. The highest BCUT2D eigenvalue weighted by Crippen LogP contribution is 2.21. The van der Waals surface area contributed by atoms with E-state index in [1.807, 2.05) is 35.6 Å². The molecule has 0 aliphatic carbocycles. The number of amides is 3. The zero-order valence-corrected chi connectivity index (χ0v) is 16.8. The minimum Gasteiger partial charge on any atom is -0.343 e. The highest BCUT2D eigenvalue weighted by molar-refractivity contribution is 5.98. The molecule has 31 heavy (non-hydrogen) atoms. The Kier molecular flexibility index (Phi) is 7.82. The van der Waals surface area contributed by atoms with Gasteiger partial charge in [0.25, 0.3) is 18.2 Å². The first-order valence-corrected chi connectivity index (χ1v) is 9.16. The first-order valence-electron chi connectivity index (χ1n) is 9.16. The number of benzene rings is 2. The molecule has 0 aliphatic rings. The Morgan fingerprint density at radius 3 is 2.00 bits per heavy atom. The van der Waals surface area contributed by atoms with Gasteiger partial charge in [-0.3, -0.25) is 19.6 Å². The summed E-state index contributed by atoms with van der Waals surface area (Å²) in [4.78, 5) is 35.9. The van der Waals surface area contributed by atoms with E-state index in [-0.39, 0.29) is 5.56 Å². The Morgan fingerprint density at radius 2 is 1.52 bits per heavy atom. The fourth-order valence-electron chi connectivity index (χ4n) is 2.77. The van der Waals surface area contributed by atoms with Crippen molar-refractivity contribution in [1.29, 1.82) is 0 Å². The molecule has 0 aromatic heterocycles. The van der Waals surface area contributed by atoms with Crippen molar-refractivity contribution in [2.75, 3.05) is 0 Å². The van der Waals surface area contributed by atoms with Crippen LogP contribution in [0.25, 0.3) is 0 Å². The lowest BCUT2D eigenvalue weighted by Crippen LogP contribution is -2.68. The number of nitrogens with one attached hydrogen (secondary N) is 3. The van der Waals surface area contributed by atoms with Crippen LogP contribution in [0.1, 0.15) is 35.3 Å². The van der Waals surface area contributed by atoms with Crippen molar-refractivity contribution >= 4 is 17.7 Å². The van der Waals surface area contributed by atoms with E-state index in [0.29, 0.717) is 5.56 Å². The van der Waals surface area contributed by atoms with Gasteiger partial charge in [-0.05, 0) is 43.3 Å². The van der Waals surface area contributed by atoms with E-state index >= 15 is 0 Å². The molecule has 0 bridgehead atoms. The lowest BCUT2D eigenvalue weighted by molar-refractivity contribution is -0.137. The molecule has 0 fully saturated rings. The predicted molar refractivity (Wildman–Crippen MR) is 108 cm³/mol. The minimum absolute atomic E-state index is 0.0699. The first-order chi connectivity index (χ1) is 14.7. The molecule has 2 aromatic carbocycles. The summed E-state index contributed by atoms with van der Waals surface area (Å²) < 4.78 is 27.4. The summed E-state index contributed by atoms with van der Waals surface area (Å²) in [7, 11) is 0. The molecule has 0 saturated carbocycles. The summed E-state index contributed by atoms with van der Waals surface area (Å²) in [6, 6.07) is 13.3. The second-order valence-corrected chi connectivity index (χ2v) is 6.84. The van der Waals surface area contributed by atoms with Crippen LogP contribution in [0.4, 0.5) is 8.78 Å². The zero-order valence-electron chi connectivity index (χ0n) is 16.8. The molecule has 0 aliphatic heterocycles. The van der Waals surface area contributed by atoms with Gasteiger partial charge in [-0.1, -0.05) is 30.0 Å². The zero-order chi connectivity index (χ0) is 23.0. The Hall–Kier alpha value is -3.77. The highest BCUT2D eigenvalue weighted by atomic mass is 19.3. The molecule has 0 radical (unpaired) electrons. The van der Waals surface area contributed by atoms with Gasteiger partial charge in [0.05, 0.1) is 0 Å². The molecule has 0 saturated heterocycles. The topological polar surface area (TPSA) is 108 Å². The van der Waals surface area contributed by atoms with Crippen molar-refractivity contribution < 1.29 is 28.4 Å². The van der Waals surface area contributed by atoms with Gasteiger partial charge in [-0.15, -0.1) is 0 Å². The largest absolute Gasteiger partial charge is 0.343 e. The standard InChI is InChI=1S/C22H21F2N3O4/c1-14(28)26-22(2,21(23)24)18(20(30)27-31)25-19(29)17-12-10-16(11-13-17)9-8-15-6-4-3-5-7-15/h3-7,10-13,18,21,31H,1-2H3,(H,25,29)(H,26,28)(H,27,30). The van der Waals surface area contributed by atoms with Gasteiger partial charge < -0.3 is 10.6 Å². The second-order valence-electron chi connectivity index (χ2n) is 6.84. The van der Waals surface area contributed by atoms with Gasteiger partial charge in [0, 0.05) is 23.6 Å². The van der Waals surface area contributed by atoms with Gasteiger partial charge in [-0.25, -0.2) is 14.3 Å². The van der Waals surface area contributed by atoms with Crippen LogP contribution in [-0.2, 0) is 9.59 Å². The summed E-state index contributed by atoms with van der Waals surface area (Å²) in [5.41, 5.74) is 0.271. The maximum atomic E-state index is 13.7.